The average molecular weight is 346 g/mol. The van der Waals surface area contributed by atoms with E-state index < -0.39 is 0 Å². The molecule has 1 heterocycles. The summed E-state index contributed by atoms with van der Waals surface area (Å²) >= 11 is 20.5. The number of fused-ring (bicyclic) bond motifs is 1. The Morgan fingerprint density at radius 1 is 0.950 bits per heavy atom. The van der Waals surface area contributed by atoms with Crippen molar-refractivity contribution >= 4 is 46.1 Å². The lowest BCUT2D eigenvalue weighted by molar-refractivity contribution is 0.712. The highest BCUT2D eigenvalue weighted by molar-refractivity contribution is 7.12. The number of hydrogen-bond donors (Lipinski definition) is 0. The lowest BCUT2D eigenvalue weighted by Gasteiger charge is -2.09. The van der Waals surface area contributed by atoms with E-state index in [1.54, 1.807) is 0 Å². The average Bonchev–Trinajstić information content (AvgIpc) is 2.72. The monoisotopic (exact) mass is 344 g/mol. The Labute approximate surface area is 138 Å². The van der Waals surface area contributed by atoms with Gasteiger partial charge in [0.2, 0.25) is 0 Å². The molecule has 1 aromatic heterocycles. The standard InChI is InChI=1S/C16H15Cl3S/c17-12-7-6-11(8-13(12)18)16(19)15-9-10-4-2-1-3-5-14(10)20-15/h6-9,16H,1-5H2. The molecule has 3 rings (SSSR count). The van der Waals surface area contributed by atoms with E-state index in [-0.39, 0.29) is 5.38 Å². The summed E-state index contributed by atoms with van der Waals surface area (Å²) in [5.41, 5.74) is 2.51. The Bertz CT molecular complexity index is 595. The van der Waals surface area contributed by atoms with Gasteiger partial charge in [0, 0.05) is 9.75 Å². The van der Waals surface area contributed by atoms with Crippen LogP contribution in [-0.4, -0.2) is 0 Å². The molecule has 1 unspecified atom stereocenters. The molecule has 0 N–H and O–H groups in total. The zero-order valence-electron chi connectivity index (χ0n) is 11.0. The first-order valence-electron chi connectivity index (χ1n) is 6.85. The minimum atomic E-state index is -0.137. The molecule has 0 nitrogen and oxygen atoms in total. The molecule has 1 aliphatic rings. The van der Waals surface area contributed by atoms with Crippen LogP contribution in [0.15, 0.2) is 24.3 Å². The highest BCUT2D eigenvalue weighted by Crippen LogP contribution is 2.39. The lowest BCUT2D eigenvalue weighted by atomic mass is 10.1. The van der Waals surface area contributed by atoms with Crippen LogP contribution in [0.4, 0.5) is 0 Å². The maximum Gasteiger partial charge on any atom is 0.0928 e. The molecule has 0 spiro atoms. The van der Waals surface area contributed by atoms with Crippen molar-refractivity contribution in [2.45, 2.75) is 37.5 Å². The van der Waals surface area contributed by atoms with Gasteiger partial charge >= 0.3 is 0 Å². The van der Waals surface area contributed by atoms with Crippen molar-refractivity contribution in [3.05, 3.63) is 55.2 Å². The molecule has 0 saturated heterocycles. The quantitative estimate of drug-likeness (QED) is 0.422. The molecule has 106 valence electrons. The van der Waals surface area contributed by atoms with Gasteiger partial charge in [-0.25, -0.2) is 0 Å². The van der Waals surface area contributed by atoms with Crippen molar-refractivity contribution < 1.29 is 0 Å². The van der Waals surface area contributed by atoms with E-state index in [0.717, 1.165) is 5.56 Å². The van der Waals surface area contributed by atoms with Crippen LogP contribution in [0, 0.1) is 0 Å². The number of rotatable bonds is 2. The second kappa shape index (κ2) is 6.27. The molecule has 20 heavy (non-hydrogen) atoms. The Kier molecular flexibility index (Phi) is 4.62. The first kappa shape index (κ1) is 14.7. The number of aryl methyl sites for hydroxylation is 2. The van der Waals surface area contributed by atoms with Gasteiger partial charge in [-0.15, -0.1) is 22.9 Å². The van der Waals surface area contributed by atoms with Crippen LogP contribution in [0.2, 0.25) is 10.0 Å². The van der Waals surface area contributed by atoms with Crippen LogP contribution < -0.4 is 0 Å². The summed E-state index contributed by atoms with van der Waals surface area (Å²) in [4.78, 5) is 2.74. The van der Waals surface area contributed by atoms with Crippen LogP contribution in [0.1, 0.15) is 45.5 Å². The van der Waals surface area contributed by atoms with Gasteiger partial charge in [0.1, 0.15) is 0 Å². The summed E-state index contributed by atoms with van der Waals surface area (Å²) in [5, 5.41) is 0.996. The first-order valence-corrected chi connectivity index (χ1v) is 8.86. The number of hydrogen-bond acceptors (Lipinski definition) is 1. The predicted octanol–water partition coefficient (Wildman–Crippen LogP) is 6.65. The Balaban J connectivity index is 1.90. The topological polar surface area (TPSA) is 0 Å². The third-order valence-corrected chi connectivity index (χ3v) is 6.41. The number of benzene rings is 1. The number of thiophene rings is 1. The molecule has 4 heteroatoms. The lowest BCUT2D eigenvalue weighted by Crippen LogP contribution is -1.90. The molecule has 0 bridgehead atoms. The Morgan fingerprint density at radius 3 is 2.55 bits per heavy atom. The molecule has 1 atom stereocenters. The van der Waals surface area contributed by atoms with E-state index >= 15 is 0 Å². The Morgan fingerprint density at radius 2 is 1.75 bits per heavy atom. The fourth-order valence-corrected chi connectivity index (χ4v) is 4.55. The summed E-state index contributed by atoms with van der Waals surface area (Å²) in [6.45, 7) is 0. The zero-order chi connectivity index (χ0) is 14.1. The van der Waals surface area contributed by atoms with Gasteiger partial charge in [0.15, 0.2) is 0 Å². The molecule has 0 fully saturated rings. The van der Waals surface area contributed by atoms with Crippen molar-refractivity contribution in [2.75, 3.05) is 0 Å². The van der Waals surface area contributed by atoms with Gasteiger partial charge in [-0.3, -0.25) is 0 Å². The van der Waals surface area contributed by atoms with E-state index in [1.165, 1.54) is 47.4 Å². The summed E-state index contributed by atoms with van der Waals surface area (Å²) in [5.74, 6) is 0. The van der Waals surface area contributed by atoms with Gasteiger partial charge in [0.25, 0.3) is 0 Å². The smallest absolute Gasteiger partial charge is 0.0928 e. The summed E-state index contributed by atoms with van der Waals surface area (Å²) in [6.07, 6.45) is 6.32. The highest BCUT2D eigenvalue weighted by Gasteiger charge is 2.19. The van der Waals surface area contributed by atoms with Gasteiger partial charge in [0.05, 0.1) is 15.4 Å². The molecule has 0 radical (unpaired) electrons. The minimum Gasteiger partial charge on any atom is -0.143 e. The summed E-state index contributed by atoms with van der Waals surface area (Å²) in [7, 11) is 0. The van der Waals surface area contributed by atoms with Gasteiger partial charge in [-0.2, -0.15) is 0 Å². The first-order chi connectivity index (χ1) is 9.65. The Hall–Kier alpha value is -0.210. The zero-order valence-corrected chi connectivity index (χ0v) is 14.0. The van der Waals surface area contributed by atoms with Gasteiger partial charge < -0.3 is 0 Å². The maximum atomic E-state index is 6.63. The minimum absolute atomic E-state index is 0.137. The fraction of sp³-hybridized carbons (Fsp3) is 0.375. The van der Waals surface area contributed by atoms with Gasteiger partial charge in [-0.05, 0) is 55.0 Å². The number of halogens is 3. The molecule has 2 aromatic rings. The summed E-state index contributed by atoms with van der Waals surface area (Å²) in [6, 6.07) is 7.92. The van der Waals surface area contributed by atoms with Crippen LogP contribution in [0.5, 0.6) is 0 Å². The van der Waals surface area contributed by atoms with E-state index in [2.05, 4.69) is 6.07 Å². The van der Waals surface area contributed by atoms with E-state index in [4.69, 9.17) is 34.8 Å². The van der Waals surface area contributed by atoms with Crippen LogP contribution >= 0.6 is 46.1 Å². The molecule has 0 amide bonds. The molecule has 0 saturated carbocycles. The van der Waals surface area contributed by atoms with Crippen molar-refractivity contribution in [2.24, 2.45) is 0 Å². The second-order valence-corrected chi connectivity index (χ2v) is 7.61. The molecule has 0 aliphatic heterocycles. The van der Waals surface area contributed by atoms with Crippen molar-refractivity contribution in [3.63, 3.8) is 0 Å². The van der Waals surface area contributed by atoms with Crippen LogP contribution in [0.3, 0.4) is 0 Å². The molecule has 1 aliphatic carbocycles. The van der Waals surface area contributed by atoms with E-state index in [9.17, 15) is 0 Å². The van der Waals surface area contributed by atoms with Crippen LogP contribution in [0.25, 0.3) is 0 Å². The molecular weight excluding hydrogens is 331 g/mol. The van der Waals surface area contributed by atoms with Crippen molar-refractivity contribution in [3.8, 4) is 0 Å². The SMILES string of the molecule is Clc1ccc(C(Cl)c2cc3c(s2)CCCCC3)cc1Cl. The van der Waals surface area contributed by atoms with Crippen molar-refractivity contribution in [1.82, 2.24) is 0 Å². The number of alkyl halides is 1. The molecule has 1 aromatic carbocycles. The third-order valence-electron chi connectivity index (χ3n) is 3.75. The highest BCUT2D eigenvalue weighted by atomic mass is 35.5. The van der Waals surface area contributed by atoms with E-state index in [0.29, 0.717) is 10.0 Å². The molecular formula is C16H15Cl3S. The van der Waals surface area contributed by atoms with Crippen LogP contribution in [-0.2, 0) is 12.8 Å². The second-order valence-electron chi connectivity index (χ2n) is 5.19. The normalized spacial score (nSPS) is 16.6. The third kappa shape index (κ3) is 3.01. The summed E-state index contributed by atoms with van der Waals surface area (Å²) < 4.78 is 0. The largest absolute Gasteiger partial charge is 0.143 e. The predicted molar refractivity (Wildman–Crippen MR) is 89.7 cm³/mol. The van der Waals surface area contributed by atoms with E-state index in [1.807, 2.05) is 29.5 Å². The van der Waals surface area contributed by atoms with Gasteiger partial charge in [-0.1, -0.05) is 35.7 Å². The van der Waals surface area contributed by atoms with Crippen molar-refractivity contribution in [1.29, 1.82) is 0 Å². The fourth-order valence-electron chi connectivity index (χ4n) is 2.65. The maximum absolute atomic E-state index is 6.63.